The highest BCUT2D eigenvalue weighted by atomic mass is 15.3. The summed E-state index contributed by atoms with van der Waals surface area (Å²) in [6.45, 7) is 5.67. The zero-order valence-corrected chi connectivity index (χ0v) is 11.9. The third kappa shape index (κ3) is 3.70. The van der Waals surface area contributed by atoms with Crippen LogP contribution in [0.1, 0.15) is 19.8 Å². The molecule has 1 heterocycles. The number of hydrogen-bond acceptors (Lipinski definition) is 2. The van der Waals surface area contributed by atoms with Crippen LogP contribution in [0.25, 0.3) is 0 Å². The fourth-order valence-electron chi connectivity index (χ4n) is 2.52. The standard InChI is InChI=1S/C15H24N4/c1-3-19-11-9-14(10-12-19)18(2)15(16)17-13-7-5-4-6-8-13/h4-8,14H,3,9-12H2,1-2H3,(H2,16,17). The van der Waals surface area contributed by atoms with Crippen molar-refractivity contribution in [3.8, 4) is 0 Å². The lowest BCUT2D eigenvalue weighted by atomic mass is 10.0. The molecule has 1 aromatic carbocycles. The Labute approximate surface area is 115 Å². The van der Waals surface area contributed by atoms with Crippen LogP contribution >= 0.6 is 0 Å². The molecule has 0 aliphatic carbocycles. The highest BCUT2D eigenvalue weighted by Crippen LogP contribution is 2.16. The summed E-state index contributed by atoms with van der Waals surface area (Å²) in [5.74, 6) is 0.612. The van der Waals surface area contributed by atoms with Crippen LogP contribution in [0.15, 0.2) is 35.3 Å². The Morgan fingerprint density at radius 2 is 1.95 bits per heavy atom. The quantitative estimate of drug-likeness (QED) is 0.668. The highest BCUT2D eigenvalue weighted by Gasteiger charge is 2.22. The van der Waals surface area contributed by atoms with E-state index in [4.69, 9.17) is 5.73 Å². The number of nitrogens with two attached hydrogens (primary N) is 1. The number of aliphatic imine (C=N–C) groups is 1. The van der Waals surface area contributed by atoms with Gasteiger partial charge in [-0.25, -0.2) is 4.99 Å². The molecule has 0 atom stereocenters. The third-order valence-electron chi connectivity index (χ3n) is 3.91. The van der Waals surface area contributed by atoms with Crippen molar-refractivity contribution in [3.05, 3.63) is 30.3 Å². The maximum Gasteiger partial charge on any atom is 0.196 e. The number of benzene rings is 1. The second-order valence-corrected chi connectivity index (χ2v) is 5.08. The van der Waals surface area contributed by atoms with E-state index in [0.29, 0.717) is 12.0 Å². The van der Waals surface area contributed by atoms with Gasteiger partial charge in [0.25, 0.3) is 0 Å². The zero-order valence-electron chi connectivity index (χ0n) is 11.9. The molecule has 0 saturated carbocycles. The van der Waals surface area contributed by atoms with Crippen LogP contribution in [0.2, 0.25) is 0 Å². The highest BCUT2D eigenvalue weighted by molar-refractivity contribution is 5.81. The first-order valence-electron chi connectivity index (χ1n) is 7.05. The van der Waals surface area contributed by atoms with E-state index in [9.17, 15) is 0 Å². The van der Waals surface area contributed by atoms with Gasteiger partial charge >= 0.3 is 0 Å². The molecule has 2 rings (SSSR count). The average molecular weight is 260 g/mol. The first-order chi connectivity index (χ1) is 9.20. The monoisotopic (exact) mass is 260 g/mol. The third-order valence-corrected chi connectivity index (χ3v) is 3.91. The van der Waals surface area contributed by atoms with Crippen molar-refractivity contribution in [2.24, 2.45) is 10.7 Å². The smallest absolute Gasteiger partial charge is 0.196 e. The Kier molecular flexibility index (Phi) is 4.80. The summed E-state index contributed by atoms with van der Waals surface area (Å²) in [6, 6.07) is 10.4. The van der Waals surface area contributed by atoms with Crippen molar-refractivity contribution in [1.82, 2.24) is 9.80 Å². The largest absolute Gasteiger partial charge is 0.369 e. The minimum absolute atomic E-state index is 0.510. The molecule has 104 valence electrons. The van der Waals surface area contributed by atoms with Crippen molar-refractivity contribution in [3.63, 3.8) is 0 Å². The van der Waals surface area contributed by atoms with Gasteiger partial charge in [0.2, 0.25) is 0 Å². The average Bonchev–Trinajstić information content (AvgIpc) is 2.47. The summed E-state index contributed by atoms with van der Waals surface area (Å²) in [7, 11) is 2.05. The van der Waals surface area contributed by atoms with E-state index < -0.39 is 0 Å². The van der Waals surface area contributed by atoms with Crippen molar-refractivity contribution in [1.29, 1.82) is 0 Å². The van der Waals surface area contributed by atoms with E-state index in [1.54, 1.807) is 0 Å². The predicted molar refractivity (Wildman–Crippen MR) is 80.6 cm³/mol. The number of likely N-dealkylation sites (tertiary alicyclic amines) is 1. The molecule has 1 aliphatic heterocycles. The van der Waals surface area contributed by atoms with Crippen LogP contribution in [0.3, 0.4) is 0 Å². The Balaban J connectivity index is 1.96. The lowest BCUT2D eigenvalue weighted by Crippen LogP contribution is -2.47. The van der Waals surface area contributed by atoms with E-state index in [0.717, 1.165) is 38.2 Å². The van der Waals surface area contributed by atoms with Crippen molar-refractivity contribution >= 4 is 11.6 Å². The van der Waals surface area contributed by atoms with E-state index >= 15 is 0 Å². The van der Waals surface area contributed by atoms with Crippen molar-refractivity contribution in [2.75, 3.05) is 26.7 Å². The maximum absolute atomic E-state index is 6.11. The molecule has 0 aromatic heterocycles. The molecule has 0 unspecified atom stereocenters. The number of nitrogens with zero attached hydrogens (tertiary/aromatic N) is 3. The lowest BCUT2D eigenvalue weighted by molar-refractivity contribution is 0.171. The molecular formula is C15H24N4. The van der Waals surface area contributed by atoms with Gasteiger partial charge in [0, 0.05) is 26.2 Å². The van der Waals surface area contributed by atoms with Crippen LogP contribution in [-0.4, -0.2) is 48.5 Å². The molecule has 4 heteroatoms. The molecule has 0 amide bonds. The fraction of sp³-hybridized carbons (Fsp3) is 0.533. The van der Waals surface area contributed by atoms with Gasteiger partial charge in [0.1, 0.15) is 0 Å². The van der Waals surface area contributed by atoms with Gasteiger partial charge < -0.3 is 15.5 Å². The molecule has 0 bridgehead atoms. The van der Waals surface area contributed by atoms with Gasteiger partial charge in [-0.15, -0.1) is 0 Å². The molecule has 4 nitrogen and oxygen atoms in total. The first-order valence-corrected chi connectivity index (χ1v) is 7.05. The number of hydrogen-bond donors (Lipinski definition) is 1. The summed E-state index contributed by atoms with van der Waals surface area (Å²) in [4.78, 5) is 9.09. The van der Waals surface area contributed by atoms with Gasteiger partial charge in [0.05, 0.1) is 5.69 Å². The van der Waals surface area contributed by atoms with Gasteiger partial charge in [-0.1, -0.05) is 25.1 Å². The summed E-state index contributed by atoms with van der Waals surface area (Å²) in [5, 5.41) is 0. The van der Waals surface area contributed by atoms with Gasteiger partial charge in [0.15, 0.2) is 5.96 Å². The summed E-state index contributed by atoms with van der Waals surface area (Å²) in [5.41, 5.74) is 7.02. The predicted octanol–water partition coefficient (Wildman–Crippen LogP) is 2.05. The maximum atomic E-state index is 6.11. The van der Waals surface area contributed by atoms with Crippen molar-refractivity contribution < 1.29 is 0 Å². The topological polar surface area (TPSA) is 44.9 Å². The Hall–Kier alpha value is -1.55. The first kappa shape index (κ1) is 13.9. The molecular weight excluding hydrogens is 236 g/mol. The van der Waals surface area contributed by atoms with Gasteiger partial charge in [-0.3, -0.25) is 0 Å². The summed E-state index contributed by atoms with van der Waals surface area (Å²) in [6.07, 6.45) is 2.32. The number of para-hydroxylation sites is 1. The number of piperidine rings is 1. The molecule has 2 N–H and O–H groups in total. The lowest BCUT2D eigenvalue weighted by Gasteiger charge is -2.36. The molecule has 0 spiro atoms. The van der Waals surface area contributed by atoms with Crippen LogP contribution in [-0.2, 0) is 0 Å². The van der Waals surface area contributed by atoms with E-state index in [1.165, 1.54) is 0 Å². The molecule has 1 aliphatic rings. The Morgan fingerprint density at radius 3 is 2.53 bits per heavy atom. The normalized spacial score (nSPS) is 18.5. The van der Waals surface area contributed by atoms with E-state index in [1.807, 2.05) is 37.4 Å². The number of rotatable bonds is 3. The van der Waals surface area contributed by atoms with Crippen LogP contribution in [0.5, 0.6) is 0 Å². The minimum atomic E-state index is 0.510. The summed E-state index contributed by atoms with van der Waals surface area (Å²) < 4.78 is 0. The Bertz CT molecular complexity index is 407. The molecule has 1 fully saturated rings. The molecule has 1 aromatic rings. The van der Waals surface area contributed by atoms with Gasteiger partial charge in [-0.2, -0.15) is 0 Å². The second kappa shape index (κ2) is 6.57. The molecule has 19 heavy (non-hydrogen) atoms. The molecule has 0 radical (unpaired) electrons. The minimum Gasteiger partial charge on any atom is -0.369 e. The SMILES string of the molecule is CCN1CCC(N(C)C(N)=Nc2ccccc2)CC1. The summed E-state index contributed by atoms with van der Waals surface area (Å²) >= 11 is 0. The Morgan fingerprint density at radius 1 is 1.32 bits per heavy atom. The van der Waals surface area contributed by atoms with Gasteiger partial charge in [-0.05, 0) is 31.5 Å². The van der Waals surface area contributed by atoms with Crippen LogP contribution in [0, 0.1) is 0 Å². The molecule has 1 saturated heterocycles. The van der Waals surface area contributed by atoms with E-state index in [-0.39, 0.29) is 0 Å². The zero-order chi connectivity index (χ0) is 13.7. The van der Waals surface area contributed by atoms with Crippen LogP contribution in [0.4, 0.5) is 5.69 Å². The van der Waals surface area contributed by atoms with E-state index in [2.05, 4.69) is 21.7 Å². The fourth-order valence-corrected chi connectivity index (χ4v) is 2.52. The van der Waals surface area contributed by atoms with Crippen molar-refractivity contribution in [2.45, 2.75) is 25.8 Å². The number of guanidine groups is 1. The van der Waals surface area contributed by atoms with Crippen LogP contribution < -0.4 is 5.73 Å². The second-order valence-electron chi connectivity index (χ2n) is 5.08.